The van der Waals surface area contributed by atoms with Gasteiger partial charge in [0.1, 0.15) is 11.5 Å². The van der Waals surface area contributed by atoms with Crippen LogP contribution in [0.1, 0.15) is 22.3 Å². The van der Waals surface area contributed by atoms with Crippen molar-refractivity contribution in [2.75, 3.05) is 0 Å². The van der Waals surface area contributed by atoms with Crippen molar-refractivity contribution in [3.05, 3.63) is 235 Å². The van der Waals surface area contributed by atoms with Crippen LogP contribution in [0.5, 0.6) is 11.5 Å². The van der Waals surface area contributed by atoms with Crippen molar-refractivity contribution >= 4 is 10.8 Å². The lowest BCUT2D eigenvalue weighted by Gasteiger charge is -2.39. The zero-order valence-corrected chi connectivity index (χ0v) is 32.5. The summed E-state index contributed by atoms with van der Waals surface area (Å²) in [6.45, 7) is 0. The SMILES string of the molecule is c1ccc(-c2cccc(-c3nc(-c4cccc(-c5cccc6c5-c5ccccc5C65c6ccccc6Oc6ccccc65)c4)nc(-c4ccc5ccccc5c4)n3)c2)cc1. The molecule has 0 unspecified atom stereocenters. The second-order valence-corrected chi connectivity index (χ2v) is 15.5. The molecule has 280 valence electrons. The Morgan fingerprint density at radius 3 is 1.50 bits per heavy atom. The van der Waals surface area contributed by atoms with Gasteiger partial charge in [-0.25, -0.2) is 15.0 Å². The van der Waals surface area contributed by atoms with Crippen molar-refractivity contribution in [3.63, 3.8) is 0 Å². The number of rotatable bonds is 5. The van der Waals surface area contributed by atoms with E-state index in [9.17, 15) is 0 Å². The number of hydrogen-bond donors (Lipinski definition) is 0. The van der Waals surface area contributed by atoms with Gasteiger partial charge in [0.15, 0.2) is 17.5 Å². The summed E-state index contributed by atoms with van der Waals surface area (Å²) in [5.74, 6) is 3.64. The molecule has 0 saturated carbocycles. The second kappa shape index (κ2) is 13.6. The van der Waals surface area contributed by atoms with E-state index in [1.165, 1.54) is 27.6 Å². The monoisotopic (exact) mass is 765 g/mol. The van der Waals surface area contributed by atoms with E-state index in [1.54, 1.807) is 0 Å². The van der Waals surface area contributed by atoms with E-state index >= 15 is 0 Å². The Bertz CT molecular complexity index is 3270. The molecule has 0 N–H and O–H groups in total. The van der Waals surface area contributed by atoms with Crippen LogP contribution in [0.2, 0.25) is 0 Å². The standard InChI is InChI=1S/C56H35N3O/c1-2-15-36(16-3-1)39-19-12-21-41(33-39)53-57-54(59-55(58-53)43-32-31-37-17-4-5-18-38(37)34-43)42-22-13-20-40(35-42)44-24-14-28-49-52(44)45-23-6-7-25-46(45)56(49)47-26-8-10-29-50(47)60-51-30-11-9-27-48(51)56/h1-35H. The van der Waals surface area contributed by atoms with Crippen LogP contribution in [0.15, 0.2) is 212 Å². The van der Waals surface area contributed by atoms with E-state index < -0.39 is 5.41 Å². The fraction of sp³-hybridized carbons (Fsp3) is 0.0179. The first-order chi connectivity index (χ1) is 29.7. The van der Waals surface area contributed by atoms with Crippen LogP contribution in [0.4, 0.5) is 0 Å². The molecule has 4 heteroatoms. The summed E-state index contributed by atoms with van der Waals surface area (Å²) in [7, 11) is 0. The van der Waals surface area contributed by atoms with Gasteiger partial charge in [0, 0.05) is 27.8 Å². The minimum atomic E-state index is -0.545. The highest BCUT2D eigenvalue weighted by atomic mass is 16.5. The predicted octanol–water partition coefficient (Wildman–Crippen LogP) is 13.8. The number of nitrogens with zero attached hydrogens (tertiary/aromatic N) is 3. The van der Waals surface area contributed by atoms with Gasteiger partial charge in [-0.3, -0.25) is 0 Å². The van der Waals surface area contributed by atoms with Crippen LogP contribution in [0, 0.1) is 0 Å². The number of fused-ring (bicyclic) bond motifs is 10. The van der Waals surface area contributed by atoms with Gasteiger partial charge in [0.05, 0.1) is 5.41 Å². The fourth-order valence-electron chi connectivity index (χ4n) is 9.53. The molecule has 12 rings (SSSR count). The molecule has 0 atom stereocenters. The Morgan fingerprint density at radius 1 is 0.300 bits per heavy atom. The molecule has 0 radical (unpaired) electrons. The van der Waals surface area contributed by atoms with Crippen molar-refractivity contribution in [2.45, 2.75) is 5.41 Å². The number of ether oxygens (including phenoxy) is 1. The Labute approximate surface area is 348 Å². The van der Waals surface area contributed by atoms with Crippen molar-refractivity contribution in [2.24, 2.45) is 0 Å². The quantitative estimate of drug-likeness (QED) is 0.175. The summed E-state index contributed by atoms with van der Waals surface area (Å²) < 4.78 is 6.59. The highest BCUT2D eigenvalue weighted by Crippen LogP contribution is 2.63. The first-order valence-corrected chi connectivity index (χ1v) is 20.3. The molecule has 10 aromatic rings. The molecule has 1 spiro atoms. The Kier molecular flexibility index (Phi) is 7.72. The smallest absolute Gasteiger partial charge is 0.164 e. The summed E-state index contributed by atoms with van der Waals surface area (Å²) in [5, 5.41) is 2.31. The molecule has 1 aromatic heterocycles. The molecule has 4 nitrogen and oxygen atoms in total. The van der Waals surface area contributed by atoms with E-state index in [2.05, 4.69) is 206 Å². The van der Waals surface area contributed by atoms with Crippen molar-refractivity contribution in [3.8, 4) is 79.0 Å². The molecule has 9 aromatic carbocycles. The topological polar surface area (TPSA) is 47.9 Å². The minimum absolute atomic E-state index is 0.545. The van der Waals surface area contributed by atoms with E-state index in [-0.39, 0.29) is 0 Å². The Morgan fingerprint density at radius 2 is 0.783 bits per heavy atom. The fourth-order valence-corrected chi connectivity index (χ4v) is 9.53. The third kappa shape index (κ3) is 5.28. The largest absolute Gasteiger partial charge is 0.457 e. The van der Waals surface area contributed by atoms with Gasteiger partial charge in [0.25, 0.3) is 0 Å². The molecule has 1 aliphatic heterocycles. The van der Waals surface area contributed by atoms with E-state index in [0.29, 0.717) is 17.5 Å². The molecule has 0 bridgehead atoms. The lowest BCUT2D eigenvalue weighted by atomic mass is 9.66. The Balaban J connectivity index is 1.05. The van der Waals surface area contributed by atoms with E-state index in [1.807, 2.05) is 6.07 Å². The van der Waals surface area contributed by atoms with Crippen molar-refractivity contribution < 1.29 is 4.74 Å². The maximum absolute atomic E-state index is 6.59. The molecule has 60 heavy (non-hydrogen) atoms. The third-order valence-electron chi connectivity index (χ3n) is 12.2. The summed E-state index contributed by atoms with van der Waals surface area (Å²) >= 11 is 0. The minimum Gasteiger partial charge on any atom is -0.457 e. The highest BCUT2D eigenvalue weighted by Gasteiger charge is 2.51. The lowest BCUT2D eigenvalue weighted by Crippen LogP contribution is -2.32. The molecule has 0 fully saturated rings. The van der Waals surface area contributed by atoms with Gasteiger partial charge >= 0.3 is 0 Å². The maximum Gasteiger partial charge on any atom is 0.164 e. The van der Waals surface area contributed by atoms with Gasteiger partial charge in [-0.05, 0) is 85.6 Å². The van der Waals surface area contributed by atoms with Gasteiger partial charge in [-0.1, -0.05) is 182 Å². The van der Waals surface area contributed by atoms with Crippen molar-refractivity contribution in [1.29, 1.82) is 0 Å². The van der Waals surface area contributed by atoms with Gasteiger partial charge in [-0.2, -0.15) is 0 Å². The lowest BCUT2D eigenvalue weighted by molar-refractivity contribution is 0.436. The first-order valence-electron chi connectivity index (χ1n) is 20.3. The van der Waals surface area contributed by atoms with Gasteiger partial charge in [0.2, 0.25) is 0 Å². The second-order valence-electron chi connectivity index (χ2n) is 15.5. The van der Waals surface area contributed by atoms with E-state index in [4.69, 9.17) is 19.7 Å². The molecule has 1 aliphatic carbocycles. The molecule has 0 saturated heterocycles. The van der Waals surface area contributed by atoms with Crippen molar-refractivity contribution in [1.82, 2.24) is 15.0 Å². The Hall–Kier alpha value is -7.95. The number of benzene rings is 9. The average molecular weight is 766 g/mol. The molecule has 0 amide bonds. The third-order valence-corrected chi connectivity index (χ3v) is 12.2. The predicted molar refractivity (Wildman–Crippen MR) is 242 cm³/mol. The highest BCUT2D eigenvalue weighted by molar-refractivity contribution is 5.97. The summed E-state index contributed by atoms with van der Waals surface area (Å²) in [6, 6.07) is 75.0. The van der Waals surface area contributed by atoms with Gasteiger partial charge in [-0.15, -0.1) is 0 Å². The number of hydrogen-bond acceptors (Lipinski definition) is 4. The molecular weight excluding hydrogens is 731 g/mol. The normalized spacial score (nSPS) is 12.9. The van der Waals surface area contributed by atoms with Crippen LogP contribution in [-0.2, 0) is 5.41 Å². The maximum atomic E-state index is 6.59. The van der Waals surface area contributed by atoms with Gasteiger partial charge < -0.3 is 4.74 Å². The van der Waals surface area contributed by atoms with E-state index in [0.717, 1.165) is 67.0 Å². The van der Waals surface area contributed by atoms with Crippen LogP contribution in [0.3, 0.4) is 0 Å². The van der Waals surface area contributed by atoms with Crippen LogP contribution in [-0.4, -0.2) is 15.0 Å². The first kappa shape index (κ1) is 34.1. The molecule has 2 aliphatic rings. The molecular formula is C56H35N3O. The summed E-state index contributed by atoms with van der Waals surface area (Å²) in [5.41, 5.74) is 14.0. The number of aromatic nitrogens is 3. The summed E-state index contributed by atoms with van der Waals surface area (Å²) in [6.07, 6.45) is 0. The van der Waals surface area contributed by atoms with Crippen LogP contribution >= 0.6 is 0 Å². The average Bonchev–Trinajstić information content (AvgIpc) is 3.62. The van der Waals surface area contributed by atoms with Crippen LogP contribution < -0.4 is 4.74 Å². The zero-order valence-electron chi connectivity index (χ0n) is 32.5. The number of para-hydroxylation sites is 2. The van der Waals surface area contributed by atoms with Crippen LogP contribution in [0.25, 0.3) is 78.3 Å². The molecule has 2 heterocycles. The summed E-state index contributed by atoms with van der Waals surface area (Å²) in [4.78, 5) is 15.6. The zero-order chi connectivity index (χ0) is 39.6.